The van der Waals surface area contributed by atoms with Gasteiger partial charge in [0.2, 0.25) is 10.0 Å². The summed E-state index contributed by atoms with van der Waals surface area (Å²) in [5.41, 5.74) is 0.904. The molecule has 0 spiro atoms. The summed E-state index contributed by atoms with van der Waals surface area (Å²) in [5, 5.41) is 9.17. The van der Waals surface area contributed by atoms with Gasteiger partial charge in [-0.3, -0.25) is 4.68 Å². The van der Waals surface area contributed by atoms with Crippen molar-refractivity contribution in [2.24, 2.45) is 5.14 Å². The largest absolute Gasteiger partial charge is 0.272 e. The van der Waals surface area contributed by atoms with Crippen LogP contribution in [0, 0.1) is 0 Å². The number of hydrogen-bond donors (Lipinski definition) is 1. The second kappa shape index (κ2) is 4.00. The topological polar surface area (TPSA) is 78.0 Å². The zero-order valence-electron chi connectivity index (χ0n) is 8.62. The zero-order valence-corrected chi connectivity index (χ0v) is 10.3. The average molecular weight is 257 g/mol. The van der Waals surface area contributed by atoms with Crippen LogP contribution in [-0.2, 0) is 16.6 Å². The van der Waals surface area contributed by atoms with Crippen molar-refractivity contribution in [2.75, 3.05) is 0 Å². The summed E-state index contributed by atoms with van der Waals surface area (Å²) in [6, 6.07) is 3.25. The van der Waals surface area contributed by atoms with Crippen LogP contribution in [0.1, 0.15) is 6.92 Å². The van der Waals surface area contributed by atoms with Crippen molar-refractivity contribution in [3.63, 3.8) is 0 Å². The Bertz CT molecular complexity index is 598. The van der Waals surface area contributed by atoms with E-state index in [1.807, 2.05) is 13.1 Å². The Morgan fingerprint density at radius 2 is 2.25 bits per heavy atom. The van der Waals surface area contributed by atoms with E-state index < -0.39 is 10.0 Å². The number of rotatable bonds is 3. The molecule has 2 aromatic heterocycles. The highest BCUT2D eigenvalue weighted by Gasteiger charge is 2.12. The van der Waals surface area contributed by atoms with E-state index in [-0.39, 0.29) is 4.21 Å². The van der Waals surface area contributed by atoms with Crippen LogP contribution in [0.15, 0.2) is 28.7 Å². The SMILES string of the molecule is CCn1cc(-c2ccc(S(N)(=O)=O)s2)cn1. The molecule has 5 nitrogen and oxygen atoms in total. The number of aromatic nitrogens is 2. The van der Waals surface area contributed by atoms with E-state index in [0.717, 1.165) is 28.3 Å². The molecular formula is C9H11N3O2S2. The lowest BCUT2D eigenvalue weighted by molar-refractivity contribution is 0.600. The van der Waals surface area contributed by atoms with Gasteiger partial charge in [0.05, 0.1) is 6.20 Å². The first kappa shape index (κ1) is 11.3. The molecule has 0 aliphatic heterocycles. The van der Waals surface area contributed by atoms with Crippen molar-refractivity contribution in [1.29, 1.82) is 0 Å². The fourth-order valence-electron chi connectivity index (χ4n) is 1.29. The third-order valence-corrected chi connectivity index (χ3v) is 4.68. The Morgan fingerprint density at radius 1 is 1.50 bits per heavy atom. The number of primary sulfonamides is 1. The Labute approximate surface area is 97.6 Å². The van der Waals surface area contributed by atoms with Crippen LogP contribution >= 0.6 is 11.3 Å². The number of nitrogens with zero attached hydrogens (tertiary/aromatic N) is 2. The molecule has 2 aromatic rings. The summed E-state index contributed by atoms with van der Waals surface area (Å²) in [7, 11) is -3.60. The first-order chi connectivity index (χ1) is 7.50. The van der Waals surface area contributed by atoms with Crippen molar-refractivity contribution < 1.29 is 8.42 Å². The molecule has 0 aliphatic carbocycles. The fourth-order valence-corrected chi connectivity index (χ4v) is 3.00. The minimum absolute atomic E-state index is 0.173. The summed E-state index contributed by atoms with van der Waals surface area (Å²) in [6.45, 7) is 2.77. The van der Waals surface area contributed by atoms with Crippen LogP contribution in [0.5, 0.6) is 0 Å². The van der Waals surface area contributed by atoms with E-state index >= 15 is 0 Å². The van der Waals surface area contributed by atoms with Crippen molar-refractivity contribution in [3.05, 3.63) is 24.5 Å². The fraction of sp³-hybridized carbons (Fsp3) is 0.222. The van der Waals surface area contributed by atoms with Gasteiger partial charge in [-0.1, -0.05) is 0 Å². The number of thiophene rings is 1. The highest BCUT2D eigenvalue weighted by Crippen LogP contribution is 2.29. The molecular weight excluding hydrogens is 246 g/mol. The third kappa shape index (κ3) is 2.16. The van der Waals surface area contributed by atoms with E-state index in [1.165, 1.54) is 6.07 Å². The van der Waals surface area contributed by atoms with Gasteiger partial charge in [0, 0.05) is 23.2 Å². The second-order valence-electron chi connectivity index (χ2n) is 3.25. The summed E-state index contributed by atoms with van der Waals surface area (Å²) in [5.74, 6) is 0. The Morgan fingerprint density at radius 3 is 2.75 bits per heavy atom. The van der Waals surface area contributed by atoms with Crippen molar-refractivity contribution in [2.45, 2.75) is 17.7 Å². The minimum Gasteiger partial charge on any atom is -0.272 e. The molecule has 7 heteroatoms. The van der Waals surface area contributed by atoms with E-state index in [4.69, 9.17) is 5.14 Å². The number of hydrogen-bond acceptors (Lipinski definition) is 4. The number of nitrogens with two attached hydrogens (primary N) is 1. The van der Waals surface area contributed by atoms with Crippen LogP contribution in [0.3, 0.4) is 0 Å². The third-order valence-electron chi connectivity index (χ3n) is 2.10. The van der Waals surface area contributed by atoms with Gasteiger partial charge >= 0.3 is 0 Å². The maximum atomic E-state index is 11.1. The van der Waals surface area contributed by atoms with E-state index in [9.17, 15) is 8.42 Å². The predicted octanol–water partition coefficient (Wildman–Crippen LogP) is 1.28. The Kier molecular flexibility index (Phi) is 2.83. The monoisotopic (exact) mass is 257 g/mol. The smallest absolute Gasteiger partial charge is 0.247 e. The van der Waals surface area contributed by atoms with Crippen LogP contribution in [0.2, 0.25) is 0 Å². The number of aryl methyl sites for hydroxylation is 1. The summed E-state index contributed by atoms with van der Waals surface area (Å²) in [6.07, 6.45) is 3.58. The molecule has 16 heavy (non-hydrogen) atoms. The molecule has 0 saturated heterocycles. The van der Waals surface area contributed by atoms with Gasteiger partial charge < -0.3 is 0 Å². The molecule has 0 radical (unpaired) electrons. The minimum atomic E-state index is -3.60. The van der Waals surface area contributed by atoms with Gasteiger partial charge in [0.15, 0.2) is 0 Å². The van der Waals surface area contributed by atoms with Crippen molar-refractivity contribution in [3.8, 4) is 10.4 Å². The maximum absolute atomic E-state index is 11.1. The molecule has 0 aliphatic rings. The molecule has 2 N–H and O–H groups in total. The van der Waals surface area contributed by atoms with Gasteiger partial charge in [-0.15, -0.1) is 11.3 Å². The highest BCUT2D eigenvalue weighted by molar-refractivity contribution is 7.91. The van der Waals surface area contributed by atoms with Gasteiger partial charge in [-0.25, -0.2) is 13.6 Å². The molecule has 0 bridgehead atoms. The molecule has 86 valence electrons. The van der Waals surface area contributed by atoms with E-state index in [2.05, 4.69) is 5.10 Å². The van der Waals surface area contributed by atoms with Crippen LogP contribution in [0.25, 0.3) is 10.4 Å². The normalized spacial score (nSPS) is 11.9. The average Bonchev–Trinajstić information content (AvgIpc) is 2.85. The molecule has 2 heterocycles. The van der Waals surface area contributed by atoms with Gasteiger partial charge in [-0.2, -0.15) is 5.10 Å². The standard InChI is InChI=1S/C9H11N3O2S2/c1-2-12-6-7(5-11-12)8-3-4-9(15-8)16(10,13)14/h3-6H,2H2,1H3,(H2,10,13,14). The van der Waals surface area contributed by atoms with Crippen LogP contribution in [-0.4, -0.2) is 18.2 Å². The zero-order chi connectivity index (χ0) is 11.8. The lowest BCUT2D eigenvalue weighted by atomic mass is 10.3. The highest BCUT2D eigenvalue weighted by atomic mass is 32.2. The summed E-state index contributed by atoms with van der Waals surface area (Å²) in [4.78, 5) is 0.851. The second-order valence-corrected chi connectivity index (χ2v) is 6.12. The first-order valence-corrected chi connectivity index (χ1v) is 7.02. The summed E-state index contributed by atoms with van der Waals surface area (Å²) < 4.78 is 24.2. The van der Waals surface area contributed by atoms with Gasteiger partial charge in [0.1, 0.15) is 4.21 Å². The van der Waals surface area contributed by atoms with E-state index in [1.54, 1.807) is 16.9 Å². The number of sulfonamides is 1. The molecule has 2 rings (SSSR count). The Hall–Kier alpha value is -1.18. The molecule has 0 aromatic carbocycles. The van der Waals surface area contributed by atoms with Gasteiger partial charge in [0.25, 0.3) is 0 Å². The van der Waals surface area contributed by atoms with Crippen LogP contribution in [0.4, 0.5) is 0 Å². The van der Waals surface area contributed by atoms with Crippen molar-refractivity contribution in [1.82, 2.24) is 9.78 Å². The Balaban J connectivity index is 2.39. The molecule has 0 amide bonds. The van der Waals surface area contributed by atoms with E-state index in [0.29, 0.717) is 0 Å². The lowest BCUT2D eigenvalue weighted by Crippen LogP contribution is -2.09. The molecule has 0 unspecified atom stereocenters. The van der Waals surface area contributed by atoms with Crippen molar-refractivity contribution >= 4 is 21.4 Å². The quantitative estimate of drug-likeness (QED) is 0.899. The molecule has 0 fully saturated rings. The van der Waals surface area contributed by atoms with Crippen LogP contribution < -0.4 is 5.14 Å². The lowest BCUT2D eigenvalue weighted by Gasteiger charge is -1.91. The van der Waals surface area contributed by atoms with Gasteiger partial charge in [-0.05, 0) is 19.1 Å². The first-order valence-electron chi connectivity index (χ1n) is 4.66. The molecule has 0 saturated carbocycles. The maximum Gasteiger partial charge on any atom is 0.247 e. The predicted molar refractivity (Wildman–Crippen MR) is 62.6 cm³/mol. The molecule has 0 atom stereocenters. The summed E-state index contributed by atoms with van der Waals surface area (Å²) >= 11 is 1.15.